The van der Waals surface area contributed by atoms with Crippen LogP contribution < -0.4 is 4.90 Å². The van der Waals surface area contributed by atoms with E-state index in [9.17, 15) is 0 Å². The first-order chi connectivity index (χ1) is 8.74. The smallest absolute Gasteiger partial charge is 0.135 e. The summed E-state index contributed by atoms with van der Waals surface area (Å²) in [5.41, 5.74) is 0. The fourth-order valence-electron chi connectivity index (χ4n) is 1.92. The number of aromatic nitrogens is 2. The van der Waals surface area contributed by atoms with Crippen molar-refractivity contribution in [2.45, 2.75) is 38.5 Å². The Morgan fingerprint density at radius 3 is 2.78 bits per heavy atom. The van der Waals surface area contributed by atoms with Gasteiger partial charge in [-0.2, -0.15) is 0 Å². The Hall–Kier alpha value is -0.680. The summed E-state index contributed by atoms with van der Waals surface area (Å²) in [6, 6.07) is 1.94. The van der Waals surface area contributed by atoms with Gasteiger partial charge in [-0.25, -0.2) is 9.97 Å². The number of nitrogens with zero attached hydrogens (tertiary/aromatic N) is 3. The summed E-state index contributed by atoms with van der Waals surface area (Å²) in [6.45, 7) is 3.89. The highest BCUT2D eigenvalue weighted by atomic mass is 79.9. The summed E-state index contributed by atoms with van der Waals surface area (Å²) in [4.78, 5) is 11.2. The molecule has 0 saturated heterocycles. The van der Waals surface area contributed by atoms with Crippen molar-refractivity contribution in [3.63, 3.8) is 0 Å². The Balaban J connectivity index is 2.16. The lowest BCUT2D eigenvalue weighted by molar-refractivity contribution is 0.301. The third-order valence-corrected chi connectivity index (χ3v) is 3.52. The van der Waals surface area contributed by atoms with Crippen molar-refractivity contribution in [1.82, 2.24) is 9.97 Å². The third-order valence-electron chi connectivity index (χ3n) is 3.12. The second-order valence-electron chi connectivity index (χ2n) is 4.75. The van der Waals surface area contributed by atoms with Crippen LogP contribution in [0.4, 0.5) is 5.82 Å². The van der Waals surface area contributed by atoms with E-state index in [0.29, 0.717) is 12.5 Å². The molecule has 1 aromatic heterocycles. The standard InChI is InChI=1S/C13H20BrN3O/c1-2-3-6-17(7-8-18)12-9-11(14)15-13(16-12)10-4-5-10/h9-10,18H,2-8H2,1H3. The molecule has 0 unspecified atom stereocenters. The minimum Gasteiger partial charge on any atom is -0.395 e. The maximum Gasteiger partial charge on any atom is 0.135 e. The topological polar surface area (TPSA) is 49.2 Å². The van der Waals surface area contributed by atoms with Crippen LogP contribution in [0.3, 0.4) is 0 Å². The molecular formula is C13H20BrN3O. The lowest BCUT2D eigenvalue weighted by atomic mass is 10.3. The van der Waals surface area contributed by atoms with Crippen LogP contribution in [0.25, 0.3) is 0 Å². The Morgan fingerprint density at radius 2 is 2.17 bits per heavy atom. The zero-order valence-electron chi connectivity index (χ0n) is 10.8. The van der Waals surface area contributed by atoms with Gasteiger partial charge in [-0.05, 0) is 35.2 Å². The Kier molecular flexibility index (Phi) is 4.95. The van der Waals surface area contributed by atoms with Gasteiger partial charge in [0, 0.05) is 25.1 Å². The van der Waals surface area contributed by atoms with Gasteiger partial charge in [0.15, 0.2) is 0 Å². The first-order valence-corrected chi connectivity index (χ1v) is 7.44. The monoisotopic (exact) mass is 313 g/mol. The molecule has 1 fully saturated rings. The van der Waals surface area contributed by atoms with Gasteiger partial charge in [-0.15, -0.1) is 0 Å². The van der Waals surface area contributed by atoms with Crippen LogP contribution in [-0.4, -0.2) is 34.8 Å². The largest absolute Gasteiger partial charge is 0.395 e. The van der Waals surface area contributed by atoms with Crippen LogP contribution >= 0.6 is 15.9 Å². The quantitative estimate of drug-likeness (QED) is 0.786. The van der Waals surface area contributed by atoms with E-state index in [-0.39, 0.29) is 6.61 Å². The molecule has 0 spiro atoms. The molecule has 0 atom stereocenters. The van der Waals surface area contributed by atoms with Crippen LogP contribution in [0, 0.1) is 0 Å². The molecule has 1 aliphatic carbocycles. The summed E-state index contributed by atoms with van der Waals surface area (Å²) in [5.74, 6) is 2.42. The van der Waals surface area contributed by atoms with Gasteiger partial charge < -0.3 is 10.0 Å². The maximum absolute atomic E-state index is 9.16. The van der Waals surface area contributed by atoms with Gasteiger partial charge in [0.05, 0.1) is 6.61 Å². The molecule has 0 bridgehead atoms. The second-order valence-corrected chi connectivity index (χ2v) is 5.56. The van der Waals surface area contributed by atoms with Gasteiger partial charge >= 0.3 is 0 Å². The lowest BCUT2D eigenvalue weighted by Crippen LogP contribution is -2.29. The van der Waals surface area contributed by atoms with Gasteiger partial charge in [-0.3, -0.25) is 0 Å². The molecule has 1 aromatic rings. The minimum absolute atomic E-state index is 0.157. The highest BCUT2D eigenvalue weighted by Crippen LogP contribution is 2.39. The van der Waals surface area contributed by atoms with E-state index in [1.807, 2.05) is 6.07 Å². The molecular weight excluding hydrogens is 294 g/mol. The SMILES string of the molecule is CCCCN(CCO)c1cc(Br)nc(C2CC2)n1. The van der Waals surface area contributed by atoms with E-state index in [1.165, 1.54) is 12.8 Å². The molecule has 0 aliphatic heterocycles. The average Bonchev–Trinajstić information content (AvgIpc) is 3.17. The number of halogens is 1. The number of rotatable bonds is 7. The number of hydrogen-bond acceptors (Lipinski definition) is 4. The zero-order valence-corrected chi connectivity index (χ0v) is 12.4. The Bertz CT molecular complexity index is 396. The summed E-state index contributed by atoms with van der Waals surface area (Å²) in [7, 11) is 0. The van der Waals surface area contributed by atoms with Crippen molar-refractivity contribution in [3.8, 4) is 0 Å². The maximum atomic E-state index is 9.16. The van der Waals surface area contributed by atoms with Crippen molar-refractivity contribution < 1.29 is 5.11 Å². The number of unbranched alkanes of at least 4 members (excludes halogenated alkanes) is 1. The predicted molar refractivity (Wildman–Crippen MR) is 75.9 cm³/mol. The van der Waals surface area contributed by atoms with E-state index in [4.69, 9.17) is 5.11 Å². The highest BCUT2D eigenvalue weighted by Gasteiger charge is 2.27. The summed E-state index contributed by atoms with van der Waals surface area (Å²) < 4.78 is 0.842. The minimum atomic E-state index is 0.157. The number of anilines is 1. The molecule has 1 saturated carbocycles. The molecule has 1 N–H and O–H groups in total. The summed E-state index contributed by atoms with van der Waals surface area (Å²) >= 11 is 3.46. The summed E-state index contributed by atoms with van der Waals surface area (Å²) in [5, 5.41) is 9.16. The molecule has 4 nitrogen and oxygen atoms in total. The van der Waals surface area contributed by atoms with Crippen LogP contribution in [-0.2, 0) is 0 Å². The van der Waals surface area contributed by atoms with Gasteiger partial charge in [-0.1, -0.05) is 13.3 Å². The predicted octanol–water partition coefficient (Wildman–Crippen LogP) is 2.72. The normalized spacial score (nSPS) is 14.8. The lowest BCUT2D eigenvalue weighted by Gasteiger charge is -2.23. The number of aliphatic hydroxyl groups is 1. The fourth-order valence-corrected chi connectivity index (χ4v) is 2.31. The van der Waals surface area contributed by atoms with Crippen molar-refractivity contribution >= 4 is 21.7 Å². The van der Waals surface area contributed by atoms with E-state index in [1.54, 1.807) is 0 Å². The van der Waals surface area contributed by atoms with Crippen LogP contribution in [0.5, 0.6) is 0 Å². The van der Waals surface area contributed by atoms with Crippen LogP contribution in [0.1, 0.15) is 44.3 Å². The van der Waals surface area contributed by atoms with Crippen LogP contribution in [0.2, 0.25) is 0 Å². The first-order valence-electron chi connectivity index (χ1n) is 6.65. The molecule has 5 heteroatoms. The first kappa shape index (κ1) is 13.7. The highest BCUT2D eigenvalue weighted by molar-refractivity contribution is 9.10. The second kappa shape index (κ2) is 6.48. The molecule has 1 heterocycles. The van der Waals surface area contributed by atoms with E-state index in [0.717, 1.165) is 35.6 Å². The Morgan fingerprint density at radius 1 is 1.39 bits per heavy atom. The van der Waals surface area contributed by atoms with Gasteiger partial charge in [0.25, 0.3) is 0 Å². The third kappa shape index (κ3) is 3.65. The molecule has 2 rings (SSSR count). The van der Waals surface area contributed by atoms with E-state index >= 15 is 0 Å². The zero-order chi connectivity index (χ0) is 13.0. The molecule has 0 amide bonds. The van der Waals surface area contributed by atoms with E-state index < -0.39 is 0 Å². The Labute approximate surface area is 117 Å². The van der Waals surface area contributed by atoms with Gasteiger partial charge in [0.1, 0.15) is 16.2 Å². The molecule has 0 aromatic carbocycles. The van der Waals surface area contributed by atoms with Crippen molar-refractivity contribution in [2.24, 2.45) is 0 Å². The van der Waals surface area contributed by atoms with Gasteiger partial charge in [0.2, 0.25) is 0 Å². The number of aliphatic hydroxyl groups excluding tert-OH is 1. The van der Waals surface area contributed by atoms with Crippen molar-refractivity contribution in [1.29, 1.82) is 0 Å². The molecule has 100 valence electrons. The van der Waals surface area contributed by atoms with Crippen molar-refractivity contribution in [3.05, 3.63) is 16.5 Å². The summed E-state index contributed by atoms with van der Waals surface area (Å²) in [6.07, 6.45) is 4.65. The number of hydrogen-bond donors (Lipinski definition) is 1. The van der Waals surface area contributed by atoms with Crippen LogP contribution in [0.15, 0.2) is 10.7 Å². The van der Waals surface area contributed by atoms with Crippen molar-refractivity contribution in [2.75, 3.05) is 24.6 Å². The molecule has 18 heavy (non-hydrogen) atoms. The fraction of sp³-hybridized carbons (Fsp3) is 0.692. The molecule has 1 aliphatic rings. The van der Waals surface area contributed by atoms with E-state index in [2.05, 4.69) is 37.7 Å². The average molecular weight is 314 g/mol. The molecule has 0 radical (unpaired) electrons.